The summed E-state index contributed by atoms with van der Waals surface area (Å²) in [5.74, 6) is -1.89. The third-order valence-corrected chi connectivity index (χ3v) is 8.74. The van der Waals surface area contributed by atoms with Crippen LogP contribution in [-0.2, 0) is 19.2 Å². The number of carbonyl (C=O) groups is 5. The number of carbonyl (C=O) groups excluding carboxylic acids is 5. The first-order chi connectivity index (χ1) is 20.1. The van der Waals surface area contributed by atoms with Crippen LogP contribution in [0, 0.1) is 17.8 Å². The van der Waals surface area contributed by atoms with E-state index < -0.39 is 35.8 Å². The highest BCUT2D eigenvalue weighted by atomic mass is 79.9. The Bertz CT molecular complexity index is 1310. The van der Waals surface area contributed by atoms with Crippen LogP contribution in [0.1, 0.15) is 75.7 Å². The number of rotatable bonds is 12. The summed E-state index contributed by atoms with van der Waals surface area (Å²) in [7, 11) is 0. The summed E-state index contributed by atoms with van der Waals surface area (Å²) in [6.45, 7) is 4.19. The molecule has 4 amide bonds. The number of hydrogen-bond acceptors (Lipinski definition) is 6. The van der Waals surface area contributed by atoms with E-state index in [4.69, 9.17) is 0 Å². The molecule has 4 N–H and O–H groups in total. The number of halogens is 1. The van der Waals surface area contributed by atoms with E-state index in [0.29, 0.717) is 31.2 Å². The lowest BCUT2D eigenvalue weighted by Gasteiger charge is -2.29. The van der Waals surface area contributed by atoms with Crippen molar-refractivity contribution in [2.45, 2.75) is 83.3 Å². The van der Waals surface area contributed by atoms with Crippen molar-refractivity contribution in [3.05, 3.63) is 40.5 Å². The van der Waals surface area contributed by atoms with E-state index in [1.807, 2.05) is 32.0 Å². The van der Waals surface area contributed by atoms with Crippen molar-refractivity contribution in [3.8, 4) is 0 Å². The number of nitrogens with zero attached hydrogens (tertiary/aromatic N) is 1. The molecule has 1 aliphatic carbocycles. The predicted molar refractivity (Wildman–Crippen MR) is 162 cm³/mol. The van der Waals surface area contributed by atoms with Crippen molar-refractivity contribution >= 4 is 56.7 Å². The molecule has 1 aromatic heterocycles. The fourth-order valence-corrected chi connectivity index (χ4v) is 6.17. The van der Waals surface area contributed by atoms with Gasteiger partial charge in [-0.1, -0.05) is 74.0 Å². The highest BCUT2D eigenvalue weighted by Crippen LogP contribution is 2.28. The summed E-state index contributed by atoms with van der Waals surface area (Å²) in [5.41, 5.74) is 0.826. The van der Waals surface area contributed by atoms with Crippen LogP contribution < -0.4 is 21.3 Å². The Morgan fingerprint density at radius 2 is 1.74 bits per heavy atom. The van der Waals surface area contributed by atoms with Crippen molar-refractivity contribution in [1.29, 1.82) is 0 Å². The zero-order chi connectivity index (χ0) is 30.2. The van der Waals surface area contributed by atoms with Crippen LogP contribution in [-0.4, -0.2) is 59.6 Å². The Hall–Kier alpha value is -3.34. The molecule has 42 heavy (non-hydrogen) atoms. The molecule has 4 rings (SSSR count). The van der Waals surface area contributed by atoms with Crippen molar-refractivity contribution in [2.75, 3.05) is 6.54 Å². The molecule has 2 fully saturated rings. The Balaban J connectivity index is 1.46. The van der Waals surface area contributed by atoms with Gasteiger partial charge in [-0.05, 0) is 49.3 Å². The summed E-state index contributed by atoms with van der Waals surface area (Å²) in [6.07, 6.45) is 7.13. The molecule has 10 nitrogen and oxygen atoms in total. The van der Waals surface area contributed by atoms with Gasteiger partial charge in [0.15, 0.2) is 0 Å². The van der Waals surface area contributed by atoms with Crippen LogP contribution in [0.15, 0.2) is 34.8 Å². The quantitative estimate of drug-likeness (QED) is 0.261. The summed E-state index contributed by atoms with van der Waals surface area (Å²) < 4.78 is 0.838. The van der Waals surface area contributed by atoms with Gasteiger partial charge in [-0.3, -0.25) is 19.2 Å². The minimum absolute atomic E-state index is 0.118. The lowest BCUT2D eigenvalue weighted by Crippen LogP contribution is -2.57. The average Bonchev–Trinajstić information content (AvgIpc) is 3.38. The highest BCUT2D eigenvalue weighted by Gasteiger charge is 2.33. The normalized spacial score (nSPS) is 19.5. The van der Waals surface area contributed by atoms with Crippen LogP contribution in [0.5, 0.6) is 0 Å². The first-order valence-corrected chi connectivity index (χ1v) is 15.6. The van der Waals surface area contributed by atoms with Crippen LogP contribution >= 0.6 is 15.9 Å². The van der Waals surface area contributed by atoms with Gasteiger partial charge in [0.2, 0.25) is 17.7 Å². The summed E-state index contributed by atoms with van der Waals surface area (Å²) in [4.78, 5) is 68.6. The molecule has 226 valence electrons. The smallest absolute Gasteiger partial charge is 0.270 e. The largest absolute Gasteiger partial charge is 0.356 e. The van der Waals surface area contributed by atoms with Crippen LogP contribution in [0.2, 0.25) is 0 Å². The van der Waals surface area contributed by atoms with Gasteiger partial charge in [0, 0.05) is 22.3 Å². The maximum Gasteiger partial charge on any atom is 0.270 e. The molecule has 11 heteroatoms. The molecular formula is C31H40BrN5O5. The minimum atomic E-state index is -0.914. The molecule has 0 radical (unpaired) electrons. The molecule has 1 aliphatic heterocycles. The molecule has 1 unspecified atom stereocenters. The maximum atomic E-state index is 13.6. The monoisotopic (exact) mass is 641 g/mol. The van der Waals surface area contributed by atoms with E-state index in [2.05, 4.69) is 42.2 Å². The maximum absolute atomic E-state index is 13.6. The number of aromatic nitrogens is 1. The minimum Gasteiger partial charge on any atom is -0.356 e. The molecular weight excluding hydrogens is 602 g/mol. The standard InChI is InChI=1S/C31H40BrN5O5/c1-18(2)27(37-29(40)24-11-9-20-8-10-22(32)16-25(20)35-24)31(42)36-26(14-19-6-4-3-5-7-19)30(41)34-23(17-38)15-21-12-13-33-28(21)39/h8-11,16-19,21,23,26-27H,3-7,12-15H2,1-2H3,(H,33,39)(H,34,41)(H,36,42)(H,37,40)/t21-,23-,26-,27?/m0/s1. The number of nitrogens with one attached hydrogen (secondary N) is 4. The van der Waals surface area contributed by atoms with Gasteiger partial charge in [-0.15, -0.1) is 0 Å². The molecule has 1 saturated carbocycles. The Morgan fingerprint density at radius 1 is 1.00 bits per heavy atom. The van der Waals surface area contributed by atoms with E-state index >= 15 is 0 Å². The number of pyridine rings is 1. The second-order valence-corrected chi connectivity index (χ2v) is 12.7. The van der Waals surface area contributed by atoms with E-state index in [0.717, 1.165) is 42.0 Å². The highest BCUT2D eigenvalue weighted by molar-refractivity contribution is 9.10. The van der Waals surface area contributed by atoms with Crippen LogP contribution in [0.25, 0.3) is 10.9 Å². The third-order valence-electron chi connectivity index (χ3n) is 8.24. The molecule has 4 atom stereocenters. The van der Waals surface area contributed by atoms with Gasteiger partial charge in [0.1, 0.15) is 24.1 Å². The number of aldehydes is 1. The van der Waals surface area contributed by atoms with Crippen molar-refractivity contribution < 1.29 is 24.0 Å². The molecule has 2 aromatic rings. The lowest BCUT2D eigenvalue weighted by atomic mass is 9.84. The van der Waals surface area contributed by atoms with Gasteiger partial charge < -0.3 is 26.1 Å². The van der Waals surface area contributed by atoms with Crippen molar-refractivity contribution in [1.82, 2.24) is 26.3 Å². The second kappa shape index (κ2) is 14.7. The van der Waals surface area contributed by atoms with Gasteiger partial charge >= 0.3 is 0 Å². The van der Waals surface area contributed by atoms with E-state index in [9.17, 15) is 24.0 Å². The SMILES string of the molecule is CC(C)C(NC(=O)c1ccc2ccc(Br)cc2n1)C(=O)N[C@@H](CC1CCCCC1)C(=O)N[C@H](C=O)C[C@@H]1CCNC1=O. The number of fused-ring (bicyclic) bond motifs is 1. The van der Waals surface area contributed by atoms with Gasteiger partial charge in [-0.2, -0.15) is 0 Å². The zero-order valence-electron chi connectivity index (χ0n) is 24.2. The van der Waals surface area contributed by atoms with E-state index in [1.165, 1.54) is 0 Å². The second-order valence-electron chi connectivity index (χ2n) is 11.8. The molecule has 1 saturated heterocycles. The Morgan fingerprint density at radius 3 is 2.40 bits per heavy atom. The van der Waals surface area contributed by atoms with Crippen LogP contribution in [0.3, 0.4) is 0 Å². The Labute approximate surface area is 254 Å². The molecule has 1 aromatic carbocycles. The first kappa shape index (κ1) is 31.6. The van der Waals surface area contributed by atoms with Gasteiger partial charge in [0.25, 0.3) is 5.91 Å². The summed E-state index contributed by atoms with van der Waals surface area (Å²) in [5, 5.41) is 12.1. The first-order valence-electron chi connectivity index (χ1n) is 14.9. The fraction of sp³-hybridized carbons (Fsp3) is 0.548. The average molecular weight is 643 g/mol. The number of hydrogen-bond donors (Lipinski definition) is 4. The molecule has 0 spiro atoms. The molecule has 0 bridgehead atoms. The number of amides is 4. The number of benzene rings is 1. The van der Waals surface area contributed by atoms with Gasteiger partial charge in [-0.25, -0.2) is 4.98 Å². The topological polar surface area (TPSA) is 146 Å². The van der Waals surface area contributed by atoms with E-state index in [1.54, 1.807) is 12.1 Å². The molecule has 2 aliphatic rings. The van der Waals surface area contributed by atoms with Crippen molar-refractivity contribution in [3.63, 3.8) is 0 Å². The summed E-state index contributed by atoms with van der Waals surface area (Å²) in [6, 6.07) is 6.40. The van der Waals surface area contributed by atoms with E-state index in [-0.39, 0.29) is 35.8 Å². The predicted octanol–water partition coefficient (Wildman–Crippen LogP) is 3.42. The fourth-order valence-electron chi connectivity index (χ4n) is 5.82. The summed E-state index contributed by atoms with van der Waals surface area (Å²) >= 11 is 3.42. The lowest BCUT2D eigenvalue weighted by molar-refractivity contribution is -0.132. The zero-order valence-corrected chi connectivity index (χ0v) is 25.7. The molecule has 2 heterocycles. The Kier molecular flexibility index (Phi) is 11.1. The van der Waals surface area contributed by atoms with Gasteiger partial charge in [0.05, 0.1) is 11.6 Å². The van der Waals surface area contributed by atoms with Crippen molar-refractivity contribution in [2.24, 2.45) is 17.8 Å². The third kappa shape index (κ3) is 8.36. The van der Waals surface area contributed by atoms with Crippen LogP contribution in [0.4, 0.5) is 0 Å².